The molecular weight excluding hydrogens is 254 g/mol. The maximum absolute atomic E-state index is 12.2. The van der Waals surface area contributed by atoms with Crippen molar-refractivity contribution in [2.24, 2.45) is 0 Å². The highest BCUT2D eigenvalue weighted by Gasteiger charge is 2.18. The van der Waals surface area contributed by atoms with E-state index >= 15 is 0 Å². The standard InChI is InChI=1S/C12H13NO4S/c1-8(11(16)13-7-10(14)15)18-12(17)9-5-3-2-4-6-9/h2-6,8H,7H2,1H3,(H,13,16)(H,14,15)/i2D,3D,4D,5D,6D. The molecule has 6 heteroatoms. The molecule has 0 aliphatic heterocycles. The number of carbonyl (C=O) groups is 3. The largest absolute Gasteiger partial charge is 0.480 e. The van der Waals surface area contributed by atoms with Gasteiger partial charge in [-0.25, -0.2) is 0 Å². The molecule has 1 unspecified atom stereocenters. The highest BCUT2D eigenvalue weighted by Crippen LogP contribution is 2.17. The minimum Gasteiger partial charge on any atom is -0.480 e. The van der Waals surface area contributed by atoms with Crippen molar-refractivity contribution in [3.8, 4) is 0 Å². The Morgan fingerprint density at radius 1 is 1.39 bits per heavy atom. The van der Waals surface area contributed by atoms with E-state index in [1.165, 1.54) is 6.92 Å². The number of thioether (sulfide) groups is 1. The first-order chi connectivity index (χ1) is 10.6. The summed E-state index contributed by atoms with van der Waals surface area (Å²) in [6.07, 6.45) is 0. The molecule has 0 saturated carbocycles. The zero-order valence-corrected chi connectivity index (χ0v) is 10.2. The molecule has 0 bridgehead atoms. The van der Waals surface area contributed by atoms with Gasteiger partial charge in [-0.15, -0.1) is 0 Å². The van der Waals surface area contributed by atoms with E-state index in [0.717, 1.165) is 0 Å². The molecule has 1 atom stereocenters. The van der Waals surface area contributed by atoms with Crippen LogP contribution < -0.4 is 5.32 Å². The Balaban J connectivity index is 2.99. The van der Waals surface area contributed by atoms with Crippen LogP contribution in [0.15, 0.2) is 30.2 Å². The van der Waals surface area contributed by atoms with Gasteiger partial charge in [-0.3, -0.25) is 14.4 Å². The second-order valence-electron chi connectivity index (χ2n) is 3.16. The van der Waals surface area contributed by atoms with Gasteiger partial charge in [0.15, 0.2) is 0 Å². The molecule has 0 spiro atoms. The summed E-state index contributed by atoms with van der Waals surface area (Å²) in [6, 6.07) is -3.19. The average Bonchev–Trinajstić information content (AvgIpc) is 2.48. The Kier molecular flexibility index (Phi) is 3.14. The van der Waals surface area contributed by atoms with E-state index in [2.05, 4.69) is 5.32 Å². The molecular formula is C12H13NO4S. The van der Waals surface area contributed by atoms with Crippen molar-refractivity contribution in [1.82, 2.24) is 5.32 Å². The molecule has 0 radical (unpaired) electrons. The molecule has 0 saturated heterocycles. The molecule has 2 N–H and O–H groups in total. The maximum Gasteiger partial charge on any atom is 0.322 e. The van der Waals surface area contributed by atoms with Crippen LogP contribution in [0.2, 0.25) is 0 Å². The van der Waals surface area contributed by atoms with Crippen LogP contribution in [0.1, 0.15) is 24.1 Å². The first-order valence-corrected chi connectivity index (χ1v) is 5.73. The second-order valence-corrected chi connectivity index (χ2v) is 4.47. The third kappa shape index (κ3) is 4.58. The van der Waals surface area contributed by atoms with Gasteiger partial charge < -0.3 is 10.4 Å². The number of rotatable bonds is 5. The molecule has 0 fully saturated rings. The van der Waals surface area contributed by atoms with Gasteiger partial charge in [0.25, 0.3) is 0 Å². The SMILES string of the molecule is [2H]c1c([2H])c([2H])c(C(=O)SC(C)C(=O)NCC(=O)O)c([2H])c1[2H]. The minimum atomic E-state index is -1.24. The van der Waals surface area contributed by atoms with Gasteiger partial charge >= 0.3 is 5.97 Å². The van der Waals surface area contributed by atoms with Gasteiger partial charge in [0.1, 0.15) is 6.54 Å². The van der Waals surface area contributed by atoms with E-state index in [1.807, 2.05) is 0 Å². The van der Waals surface area contributed by atoms with Gasteiger partial charge in [0.05, 0.1) is 12.1 Å². The van der Waals surface area contributed by atoms with Crippen molar-refractivity contribution in [3.05, 3.63) is 35.8 Å². The summed E-state index contributed by atoms with van der Waals surface area (Å²) < 4.78 is 37.8. The zero-order chi connectivity index (χ0) is 17.9. The molecule has 1 aromatic rings. The van der Waals surface area contributed by atoms with E-state index in [-0.39, 0.29) is 0 Å². The summed E-state index contributed by atoms with van der Waals surface area (Å²) in [5, 5.41) is 8.71. The quantitative estimate of drug-likeness (QED) is 0.840. The lowest BCUT2D eigenvalue weighted by molar-refractivity contribution is -0.137. The van der Waals surface area contributed by atoms with Gasteiger partial charge in [-0.1, -0.05) is 42.0 Å². The highest BCUT2D eigenvalue weighted by atomic mass is 32.2. The summed E-state index contributed by atoms with van der Waals surface area (Å²) >= 11 is 0.452. The number of aliphatic carboxylic acids is 1. The number of hydrogen-bond acceptors (Lipinski definition) is 4. The molecule has 96 valence electrons. The summed E-state index contributed by atoms with van der Waals surface area (Å²) in [5.41, 5.74) is -0.515. The fourth-order valence-corrected chi connectivity index (χ4v) is 1.66. The third-order valence-corrected chi connectivity index (χ3v) is 2.76. The van der Waals surface area contributed by atoms with Crippen molar-refractivity contribution in [2.75, 3.05) is 6.54 Å². The Bertz CT molecular complexity index is 653. The van der Waals surface area contributed by atoms with Crippen molar-refractivity contribution in [3.63, 3.8) is 0 Å². The van der Waals surface area contributed by atoms with Gasteiger partial charge in [0, 0.05) is 5.56 Å². The Morgan fingerprint density at radius 2 is 2.00 bits per heavy atom. The van der Waals surface area contributed by atoms with Crippen LogP contribution in [0.3, 0.4) is 0 Å². The molecule has 18 heavy (non-hydrogen) atoms. The maximum atomic E-state index is 12.2. The van der Waals surface area contributed by atoms with E-state index in [4.69, 9.17) is 12.0 Å². The van der Waals surface area contributed by atoms with Crippen LogP contribution in [-0.2, 0) is 9.59 Å². The fourth-order valence-electron chi connectivity index (χ4n) is 0.932. The van der Waals surface area contributed by atoms with E-state index in [1.54, 1.807) is 0 Å². The zero-order valence-electron chi connectivity index (χ0n) is 14.4. The van der Waals surface area contributed by atoms with Gasteiger partial charge in [0.2, 0.25) is 11.0 Å². The predicted octanol–water partition coefficient (Wildman–Crippen LogP) is 1.15. The molecule has 0 heterocycles. The number of carbonyl (C=O) groups excluding carboxylic acids is 2. The number of amides is 1. The summed E-state index contributed by atoms with van der Waals surface area (Å²) in [7, 11) is 0. The van der Waals surface area contributed by atoms with E-state index in [9.17, 15) is 14.4 Å². The highest BCUT2D eigenvalue weighted by molar-refractivity contribution is 8.15. The van der Waals surface area contributed by atoms with Crippen molar-refractivity contribution >= 4 is 28.8 Å². The van der Waals surface area contributed by atoms with Crippen molar-refractivity contribution < 1.29 is 26.3 Å². The number of hydrogen-bond donors (Lipinski definition) is 2. The Labute approximate surface area is 116 Å². The molecule has 0 aliphatic carbocycles. The molecule has 1 aromatic carbocycles. The first-order valence-electron chi connectivity index (χ1n) is 7.35. The van der Waals surface area contributed by atoms with Gasteiger partial charge in [-0.05, 0) is 6.92 Å². The van der Waals surface area contributed by atoms with Crippen LogP contribution in [0.5, 0.6) is 0 Å². The predicted molar refractivity (Wildman–Crippen MR) is 68.5 cm³/mol. The summed E-state index contributed by atoms with van der Waals surface area (Å²) in [5.74, 6) is -1.95. The van der Waals surface area contributed by atoms with Crippen molar-refractivity contribution in [2.45, 2.75) is 12.2 Å². The lowest BCUT2D eigenvalue weighted by Crippen LogP contribution is -2.35. The third-order valence-electron chi connectivity index (χ3n) is 1.77. The van der Waals surface area contributed by atoms with Crippen LogP contribution in [0.4, 0.5) is 0 Å². The number of carboxylic acid groups (broad SMARTS) is 1. The van der Waals surface area contributed by atoms with E-state index in [0.29, 0.717) is 11.8 Å². The summed E-state index contributed by atoms with van der Waals surface area (Å²) in [4.78, 5) is 34.1. The lowest BCUT2D eigenvalue weighted by Gasteiger charge is -2.09. The number of carboxylic acids is 1. The van der Waals surface area contributed by atoms with E-state index < -0.39 is 64.6 Å². The lowest BCUT2D eigenvalue weighted by atomic mass is 10.2. The summed E-state index contributed by atoms with van der Waals surface area (Å²) in [6.45, 7) is 0.738. The Morgan fingerprint density at radius 3 is 2.56 bits per heavy atom. The van der Waals surface area contributed by atoms with Gasteiger partial charge in [-0.2, -0.15) is 0 Å². The number of benzene rings is 1. The van der Waals surface area contributed by atoms with Crippen LogP contribution in [0.25, 0.3) is 0 Å². The van der Waals surface area contributed by atoms with Crippen LogP contribution >= 0.6 is 11.8 Å². The molecule has 0 aliphatic rings. The first kappa shape index (κ1) is 8.31. The Hall–Kier alpha value is -1.82. The molecule has 0 aromatic heterocycles. The van der Waals surface area contributed by atoms with Crippen molar-refractivity contribution in [1.29, 1.82) is 0 Å². The second kappa shape index (κ2) is 6.80. The normalized spacial score (nSPS) is 15.5. The van der Waals surface area contributed by atoms with Crippen LogP contribution in [-0.4, -0.2) is 33.9 Å². The topological polar surface area (TPSA) is 83.5 Å². The smallest absolute Gasteiger partial charge is 0.322 e. The molecule has 1 rings (SSSR count). The van der Waals surface area contributed by atoms with Crippen LogP contribution in [0, 0.1) is 0 Å². The average molecular weight is 272 g/mol. The molecule has 5 nitrogen and oxygen atoms in total. The molecule has 1 amide bonds. The minimum absolute atomic E-state index is 0.452. The number of nitrogens with one attached hydrogen (secondary N) is 1. The fraction of sp³-hybridized carbons (Fsp3) is 0.250. The monoisotopic (exact) mass is 272 g/mol.